The van der Waals surface area contributed by atoms with Crippen molar-refractivity contribution in [2.45, 2.75) is 65.2 Å². The Morgan fingerprint density at radius 2 is 0.623 bits per heavy atom. The highest BCUT2D eigenvalue weighted by atomic mass is 32.2. The second kappa shape index (κ2) is 17.4. The van der Waals surface area contributed by atoms with Gasteiger partial charge in [-0.05, 0) is 136 Å². The highest BCUT2D eigenvalue weighted by Crippen LogP contribution is 2.52. The molecule has 0 N–H and O–H groups in total. The van der Waals surface area contributed by atoms with Crippen LogP contribution in [0.2, 0.25) is 0 Å². The number of hydrogen-bond donors (Lipinski definition) is 0. The first kappa shape index (κ1) is 38.1. The minimum Gasteiger partial charge on any atom is -0.408 e. The van der Waals surface area contributed by atoms with Gasteiger partial charge in [-0.15, -0.1) is 0 Å². The SMILES string of the molecule is Cc1cc(C)c(OP(Oc2ccccc2C)Oc2ccccc2C)c(Sc2cc(C)cc(C)c2OP(Oc2ccccc2C)Oc2ccccc2C)c1. The lowest BCUT2D eigenvalue weighted by molar-refractivity contribution is 0.381. The van der Waals surface area contributed by atoms with Gasteiger partial charge in [0.2, 0.25) is 0 Å². The van der Waals surface area contributed by atoms with Gasteiger partial charge in [0.05, 0.1) is 9.79 Å². The van der Waals surface area contributed by atoms with Crippen LogP contribution in [0, 0.1) is 55.4 Å². The maximum Gasteiger partial charge on any atom is 0.530 e. The Morgan fingerprint density at radius 3 is 0.906 bits per heavy atom. The molecule has 6 rings (SSSR count). The molecule has 0 bridgehead atoms. The van der Waals surface area contributed by atoms with Crippen LogP contribution in [0.5, 0.6) is 34.5 Å². The molecule has 53 heavy (non-hydrogen) atoms. The Kier molecular flexibility index (Phi) is 12.5. The molecule has 0 radical (unpaired) electrons. The zero-order valence-electron chi connectivity index (χ0n) is 31.3. The van der Waals surface area contributed by atoms with Gasteiger partial charge in [0, 0.05) is 0 Å². The number of aryl methyl sites for hydroxylation is 8. The van der Waals surface area contributed by atoms with Crippen molar-refractivity contribution in [2.75, 3.05) is 0 Å². The Labute approximate surface area is 320 Å². The first-order valence-corrected chi connectivity index (χ1v) is 20.4. The average molecular weight is 763 g/mol. The number of hydrogen-bond acceptors (Lipinski definition) is 7. The van der Waals surface area contributed by atoms with Gasteiger partial charge < -0.3 is 27.1 Å². The summed E-state index contributed by atoms with van der Waals surface area (Å²) in [4.78, 5) is 1.80. The quantitative estimate of drug-likeness (QED) is 0.102. The van der Waals surface area contributed by atoms with Crippen molar-refractivity contribution >= 4 is 29.0 Å². The molecule has 6 aromatic carbocycles. The Hall–Kier alpha value is -4.67. The van der Waals surface area contributed by atoms with Crippen molar-refractivity contribution in [3.05, 3.63) is 166 Å². The molecule has 9 heteroatoms. The van der Waals surface area contributed by atoms with Gasteiger partial charge in [-0.2, -0.15) is 0 Å². The highest BCUT2D eigenvalue weighted by molar-refractivity contribution is 7.99. The molecular formula is C44H44O6P2S. The topological polar surface area (TPSA) is 55.4 Å². The second-order valence-corrected chi connectivity index (χ2v) is 16.1. The minimum absolute atomic E-state index is 0.675. The molecule has 0 aliphatic carbocycles. The Bertz CT molecular complexity index is 1960. The van der Waals surface area contributed by atoms with Gasteiger partial charge in [-0.3, -0.25) is 0 Å². The standard InChI is InChI=1S/C44H44O6P2S/c1-29-25-35(7)43(49-51(45-37-21-13-9-17-31(37)3)46-38-22-14-10-18-32(38)4)41(27-29)53-42-28-30(2)26-36(8)44(42)50-52(47-39-23-15-11-19-33(39)5)48-40-24-16-12-20-34(40)6/h9-28H,1-8H3. The van der Waals surface area contributed by atoms with E-state index < -0.39 is 17.2 Å². The van der Waals surface area contributed by atoms with E-state index in [1.54, 1.807) is 11.8 Å². The molecular weight excluding hydrogens is 718 g/mol. The zero-order chi connectivity index (χ0) is 37.5. The molecule has 0 saturated heterocycles. The summed E-state index contributed by atoms with van der Waals surface area (Å²) in [6.45, 7) is 16.3. The van der Waals surface area contributed by atoms with Crippen LogP contribution in [-0.4, -0.2) is 0 Å². The average Bonchev–Trinajstić information content (AvgIpc) is 3.11. The fourth-order valence-electron chi connectivity index (χ4n) is 5.55. The lowest BCUT2D eigenvalue weighted by Crippen LogP contribution is -2.06. The van der Waals surface area contributed by atoms with Gasteiger partial charge in [-0.25, -0.2) is 0 Å². The molecule has 0 amide bonds. The predicted octanol–water partition coefficient (Wildman–Crippen LogP) is 13.8. The number of rotatable bonds is 14. The van der Waals surface area contributed by atoms with Crippen molar-refractivity contribution in [2.24, 2.45) is 0 Å². The second-order valence-electron chi connectivity index (χ2n) is 13.0. The van der Waals surface area contributed by atoms with Crippen molar-refractivity contribution in [1.29, 1.82) is 0 Å². The first-order valence-electron chi connectivity index (χ1n) is 17.3. The summed E-state index contributed by atoms with van der Waals surface area (Å²) in [7, 11) is -3.83. The molecule has 0 aromatic heterocycles. The van der Waals surface area contributed by atoms with Crippen LogP contribution in [0.25, 0.3) is 0 Å². The molecule has 6 nitrogen and oxygen atoms in total. The van der Waals surface area contributed by atoms with Crippen LogP contribution < -0.4 is 27.1 Å². The maximum atomic E-state index is 6.80. The van der Waals surface area contributed by atoms with Crippen LogP contribution in [0.4, 0.5) is 0 Å². The summed E-state index contributed by atoms with van der Waals surface area (Å²) in [6, 6.07) is 40.0. The lowest BCUT2D eigenvalue weighted by atomic mass is 10.1. The van der Waals surface area contributed by atoms with E-state index >= 15 is 0 Å². The van der Waals surface area contributed by atoms with Gasteiger partial charge in [0.1, 0.15) is 34.5 Å². The Morgan fingerprint density at radius 1 is 0.340 bits per heavy atom. The maximum absolute atomic E-state index is 6.80. The molecule has 0 heterocycles. The minimum atomic E-state index is -1.92. The number of para-hydroxylation sites is 4. The van der Waals surface area contributed by atoms with Crippen LogP contribution in [0.1, 0.15) is 44.5 Å². The zero-order valence-corrected chi connectivity index (χ0v) is 33.9. The third-order valence-electron chi connectivity index (χ3n) is 8.39. The molecule has 6 aromatic rings. The normalized spacial score (nSPS) is 11.1. The van der Waals surface area contributed by atoms with E-state index in [1.165, 1.54) is 0 Å². The summed E-state index contributed by atoms with van der Waals surface area (Å²) < 4.78 is 39.6. The van der Waals surface area contributed by atoms with Gasteiger partial charge >= 0.3 is 17.2 Å². The monoisotopic (exact) mass is 762 g/mol. The van der Waals surface area contributed by atoms with Crippen LogP contribution in [-0.2, 0) is 0 Å². The fourth-order valence-corrected chi connectivity index (χ4v) is 9.46. The summed E-state index contributed by atoms with van der Waals surface area (Å²) in [5, 5.41) is 0. The van der Waals surface area contributed by atoms with E-state index in [-0.39, 0.29) is 0 Å². The number of benzene rings is 6. The van der Waals surface area contributed by atoms with Crippen LogP contribution in [0.15, 0.2) is 131 Å². The van der Waals surface area contributed by atoms with Crippen molar-refractivity contribution in [3.63, 3.8) is 0 Å². The molecule has 0 saturated carbocycles. The van der Waals surface area contributed by atoms with Crippen LogP contribution >= 0.6 is 29.0 Å². The molecule has 0 spiro atoms. The Balaban J connectivity index is 1.37. The first-order chi connectivity index (χ1) is 25.5. The highest BCUT2D eigenvalue weighted by Gasteiger charge is 2.28. The lowest BCUT2D eigenvalue weighted by Gasteiger charge is -2.24. The molecule has 0 unspecified atom stereocenters. The van der Waals surface area contributed by atoms with E-state index in [2.05, 4.69) is 38.1 Å². The molecule has 0 aliphatic rings. The van der Waals surface area contributed by atoms with Crippen molar-refractivity contribution < 1.29 is 27.1 Å². The largest absolute Gasteiger partial charge is 0.530 e. The fraction of sp³-hybridized carbons (Fsp3) is 0.182. The summed E-state index contributed by atoms with van der Waals surface area (Å²) in [6.07, 6.45) is 0. The van der Waals surface area contributed by atoms with Gasteiger partial charge in [0.15, 0.2) is 0 Å². The van der Waals surface area contributed by atoms with Gasteiger partial charge in [-0.1, -0.05) is 96.7 Å². The van der Waals surface area contributed by atoms with E-state index in [1.807, 2.05) is 139 Å². The molecule has 0 atom stereocenters. The predicted molar refractivity (Wildman–Crippen MR) is 218 cm³/mol. The van der Waals surface area contributed by atoms with Crippen molar-refractivity contribution in [1.82, 2.24) is 0 Å². The molecule has 272 valence electrons. The molecule has 0 aliphatic heterocycles. The molecule has 0 fully saturated rings. The summed E-state index contributed by atoms with van der Waals surface area (Å²) >= 11 is 1.57. The van der Waals surface area contributed by atoms with E-state index in [0.29, 0.717) is 34.5 Å². The van der Waals surface area contributed by atoms with Crippen LogP contribution in [0.3, 0.4) is 0 Å². The van der Waals surface area contributed by atoms with Crippen molar-refractivity contribution in [3.8, 4) is 34.5 Å². The van der Waals surface area contributed by atoms with E-state index in [4.69, 9.17) is 27.1 Å². The van der Waals surface area contributed by atoms with E-state index in [0.717, 1.165) is 54.3 Å². The summed E-state index contributed by atoms with van der Waals surface area (Å²) in [5.41, 5.74) is 8.07. The summed E-state index contributed by atoms with van der Waals surface area (Å²) in [5.74, 6) is 4.15. The third kappa shape index (κ3) is 9.86. The smallest absolute Gasteiger partial charge is 0.408 e. The van der Waals surface area contributed by atoms with Gasteiger partial charge in [0.25, 0.3) is 0 Å². The third-order valence-corrected chi connectivity index (χ3v) is 11.5. The van der Waals surface area contributed by atoms with E-state index in [9.17, 15) is 0 Å².